The molecule has 0 atom stereocenters. The lowest BCUT2D eigenvalue weighted by atomic mass is 10.2. The molecule has 0 saturated carbocycles. The van der Waals surface area contributed by atoms with Crippen LogP contribution in [0.4, 0.5) is 10.1 Å². The highest BCUT2D eigenvalue weighted by Gasteiger charge is 2.13. The molecule has 0 radical (unpaired) electrons. The summed E-state index contributed by atoms with van der Waals surface area (Å²) in [6.07, 6.45) is 0. The van der Waals surface area contributed by atoms with Crippen LogP contribution in [0.15, 0.2) is 36.4 Å². The zero-order valence-electron chi connectivity index (χ0n) is 10.6. The van der Waals surface area contributed by atoms with Gasteiger partial charge in [-0.25, -0.2) is 0 Å². The summed E-state index contributed by atoms with van der Waals surface area (Å²) in [5.41, 5.74) is 0.832. The standard InChI is InChI=1S/C14H11ClFNO3/c1-9-6-11(15)3-5-14(9)20-8-10-2-4-13(17(18)19)12(16)7-10/h2-7H,8H2,1H3. The van der Waals surface area contributed by atoms with Gasteiger partial charge < -0.3 is 4.74 Å². The number of aryl methyl sites for hydroxylation is 1. The first kappa shape index (κ1) is 14.3. The maximum Gasteiger partial charge on any atom is 0.304 e. The number of hydrogen-bond donors (Lipinski definition) is 0. The molecule has 2 aromatic rings. The molecule has 0 amide bonds. The fourth-order valence-electron chi connectivity index (χ4n) is 1.72. The summed E-state index contributed by atoms with van der Waals surface area (Å²) in [5.74, 6) is -0.239. The fraction of sp³-hybridized carbons (Fsp3) is 0.143. The topological polar surface area (TPSA) is 52.4 Å². The van der Waals surface area contributed by atoms with Crippen LogP contribution < -0.4 is 4.74 Å². The molecule has 0 heterocycles. The number of nitro benzene ring substituents is 1. The molecule has 4 nitrogen and oxygen atoms in total. The molecule has 2 rings (SSSR count). The molecule has 0 aromatic heterocycles. The van der Waals surface area contributed by atoms with Gasteiger partial charge in [0.15, 0.2) is 0 Å². The monoisotopic (exact) mass is 295 g/mol. The minimum atomic E-state index is -0.871. The van der Waals surface area contributed by atoms with Gasteiger partial charge in [0, 0.05) is 11.1 Å². The number of rotatable bonds is 4. The summed E-state index contributed by atoms with van der Waals surface area (Å²) in [7, 11) is 0. The van der Waals surface area contributed by atoms with Crippen LogP contribution in [0.3, 0.4) is 0 Å². The second-order valence-electron chi connectivity index (χ2n) is 4.24. The van der Waals surface area contributed by atoms with Crippen LogP contribution in [0, 0.1) is 22.9 Å². The summed E-state index contributed by atoms with van der Waals surface area (Å²) < 4.78 is 19.0. The Bertz CT molecular complexity index is 661. The number of hydrogen-bond acceptors (Lipinski definition) is 3. The summed E-state index contributed by atoms with van der Waals surface area (Å²) in [4.78, 5) is 9.75. The van der Waals surface area contributed by atoms with Gasteiger partial charge in [-0.1, -0.05) is 11.6 Å². The van der Waals surface area contributed by atoms with Crippen LogP contribution in [-0.4, -0.2) is 4.92 Å². The molecular formula is C14H11ClFNO3. The maximum absolute atomic E-state index is 13.4. The zero-order valence-corrected chi connectivity index (χ0v) is 11.4. The van der Waals surface area contributed by atoms with E-state index in [1.54, 1.807) is 18.2 Å². The molecular weight excluding hydrogens is 285 g/mol. The first-order chi connectivity index (χ1) is 9.47. The van der Waals surface area contributed by atoms with Crippen molar-refractivity contribution in [2.75, 3.05) is 0 Å². The average Bonchev–Trinajstić information content (AvgIpc) is 2.37. The van der Waals surface area contributed by atoms with Crippen molar-refractivity contribution < 1.29 is 14.1 Å². The van der Waals surface area contributed by atoms with Crippen molar-refractivity contribution in [3.05, 3.63) is 68.5 Å². The quantitative estimate of drug-likeness (QED) is 0.625. The predicted molar refractivity (Wildman–Crippen MR) is 73.6 cm³/mol. The molecule has 0 spiro atoms. The molecule has 0 bridgehead atoms. The third-order valence-corrected chi connectivity index (χ3v) is 2.98. The van der Waals surface area contributed by atoms with Crippen molar-refractivity contribution in [1.29, 1.82) is 0 Å². The molecule has 0 saturated heterocycles. The maximum atomic E-state index is 13.4. The largest absolute Gasteiger partial charge is 0.489 e. The smallest absolute Gasteiger partial charge is 0.304 e. The highest BCUT2D eigenvalue weighted by atomic mass is 35.5. The van der Waals surface area contributed by atoms with Crippen LogP contribution >= 0.6 is 11.6 Å². The van der Waals surface area contributed by atoms with Crippen molar-refractivity contribution in [2.24, 2.45) is 0 Å². The van der Waals surface area contributed by atoms with E-state index < -0.39 is 16.4 Å². The van der Waals surface area contributed by atoms with Gasteiger partial charge in [-0.3, -0.25) is 10.1 Å². The Morgan fingerprint density at radius 1 is 1.30 bits per heavy atom. The van der Waals surface area contributed by atoms with Crippen LogP contribution in [0.5, 0.6) is 5.75 Å². The van der Waals surface area contributed by atoms with Gasteiger partial charge >= 0.3 is 5.69 Å². The van der Waals surface area contributed by atoms with Gasteiger partial charge in [-0.05, 0) is 48.4 Å². The number of nitrogens with zero attached hydrogens (tertiary/aromatic N) is 1. The van der Waals surface area contributed by atoms with Crippen molar-refractivity contribution in [3.8, 4) is 5.75 Å². The predicted octanol–water partition coefficient (Wildman–Crippen LogP) is 4.27. The van der Waals surface area contributed by atoms with Crippen LogP contribution in [0.2, 0.25) is 5.02 Å². The summed E-state index contributed by atoms with van der Waals surface area (Å²) in [6, 6.07) is 8.87. The summed E-state index contributed by atoms with van der Waals surface area (Å²) in [6.45, 7) is 1.97. The van der Waals surface area contributed by atoms with Crippen molar-refractivity contribution in [1.82, 2.24) is 0 Å². The van der Waals surface area contributed by atoms with Crippen molar-refractivity contribution >= 4 is 17.3 Å². The first-order valence-electron chi connectivity index (χ1n) is 5.79. The number of nitro groups is 1. The Hall–Kier alpha value is -2.14. The highest BCUT2D eigenvalue weighted by Crippen LogP contribution is 2.24. The van der Waals surface area contributed by atoms with Crippen LogP contribution in [-0.2, 0) is 6.61 Å². The Morgan fingerprint density at radius 2 is 2.05 bits per heavy atom. The van der Waals surface area contributed by atoms with Crippen LogP contribution in [0.1, 0.15) is 11.1 Å². The Morgan fingerprint density at radius 3 is 2.65 bits per heavy atom. The summed E-state index contributed by atoms with van der Waals surface area (Å²) >= 11 is 5.83. The van der Waals surface area contributed by atoms with Gasteiger partial charge in [-0.2, -0.15) is 4.39 Å². The lowest BCUT2D eigenvalue weighted by molar-refractivity contribution is -0.387. The number of ether oxygens (including phenoxy) is 1. The molecule has 6 heteroatoms. The van der Waals surface area contributed by atoms with E-state index in [-0.39, 0.29) is 6.61 Å². The molecule has 104 valence electrons. The SMILES string of the molecule is Cc1cc(Cl)ccc1OCc1ccc([N+](=O)[O-])c(F)c1. The van der Waals surface area contributed by atoms with Crippen molar-refractivity contribution in [2.45, 2.75) is 13.5 Å². The normalized spacial score (nSPS) is 10.3. The Kier molecular flexibility index (Phi) is 4.20. The second-order valence-corrected chi connectivity index (χ2v) is 4.68. The third-order valence-electron chi connectivity index (χ3n) is 2.74. The molecule has 0 N–H and O–H groups in total. The number of halogens is 2. The minimum absolute atomic E-state index is 0.122. The molecule has 0 unspecified atom stereocenters. The van der Waals surface area contributed by atoms with E-state index in [2.05, 4.69) is 0 Å². The highest BCUT2D eigenvalue weighted by molar-refractivity contribution is 6.30. The lowest BCUT2D eigenvalue weighted by Gasteiger charge is -2.09. The number of benzene rings is 2. The van der Waals surface area contributed by atoms with Gasteiger partial charge in [0.25, 0.3) is 0 Å². The minimum Gasteiger partial charge on any atom is -0.489 e. The van der Waals surface area contributed by atoms with E-state index in [9.17, 15) is 14.5 Å². The molecule has 0 aliphatic carbocycles. The van der Waals surface area contributed by atoms with E-state index in [0.717, 1.165) is 17.7 Å². The van der Waals surface area contributed by atoms with E-state index in [1.165, 1.54) is 6.07 Å². The van der Waals surface area contributed by atoms with Gasteiger partial charge in [0.2, 0.25) is 5.82 Å². The lowest BCUT2D eigenvalue weighted by Crippen LogP contribution is -1.99. The summed E-state index contributed by atoms with van der Waals surface area (Å²) in [5, 5.41) is 11.1. The van der Waals surface area contributed by atoms with Gasteiger partial charge in [-0.15, -0.1) is 0 Å². The van der Waals surface area contributed by atoms with Gasteiger partial charge in [0.05, 0.1) is 4.92 Å². The van der Waals surface area contributed by atoms with E-state index in [4.69, 9.17) is 16.3 Å². The molecule has 0 fully saturated rings. The molecule has 2 aromatic carbocycles. The molecule has 0 aliphatic rings. The Labute approximate surface area is 119 Å². The van der Waals surface area contributed by atoms with E-state index in [0.29, 0.717) is 16.3 Å². The third kappa shape index (κ3) is 3.24. The van der Waals surface area contributed by atoms with Crippen molar-refractivity contribution in [3.63, 3.8) is 0 Å². The van der Waals surface area contributed by atoms with Gasteiger partial charge in [0.1, 0.15) is 12.4 Å². The average molecular weight is 296 g/mol. The second kappa shape index (κ2) is 5.88. The zero-order chi connectivity index (χ0) is 14.7. The fourth-order valence-corrected chi connectivity index (χ4v) is 1.95. The molecule has 0 aliphatic heterocycles. The van der Waals surface area contributed by atoms with E-state index in [1.807, 2.05) is 6.92 Å². The Balaban J connectivity index is 2.11. The van der Waals surface area contributed by atoms with Crippen LogP contribution in [0.25, 0.3) is 0 Å². The molecule has 20 heavy (non-hydrogen) atoms. The first-order valence-corrected chi connectivity index (χ1v) is 6.17. The van der Waals surface area contributed by atoms with E-state index >= 15 is 0 Å².